The molecule has 5 heteroatoms. The van der Waals surface area contributed by atoms with E-state index in [9.17, 15) is 4.79 Å². The minimum absolute atomic E-state index is 0.0475. The van der Waals surface area contributed by atoms with Crippen molar-refractivity contribution >= 4 is 29.0 Å². The molecule has 0 atom stereocenters. The molecule has 23 heavy (non-hydrogen) atoms. The summed E-state index contributed by atoms with van der Waals surface area (Å²) in [7, 11) is 0. The Bertz CT molecular complexity index is 666. The Morgan fingerprint density at radius 1 is 1.09 bits per heavy atom. The van der Waals surface area contributed by atoms with Crippen LogP contribution in [0, 0.1) is 0 Å². The van der Waals surface area contributed by atoms with Gasteiger partial charge in [-0.15, -0.1) is 0 Å². The largest absolute Gasteiger partial charge is 0.349 e. The molecule has 0 aliphatic heterocycles. The van der Waals surface area contributed by atoms with Gasteiger partial charge in [-0.3, -0.25) is 4.79 Å². The number of hydrogen-bond acceptors (Lipinski definition) is 3. The quantitative estimate of drug-likeness (QED) is 0.865. The van der Waals surface area contributed by atoms with E-state index in [-0.39, 0.29) is 5.91 Å². The van der Waals surface area contributed by atoms with Crippen LogP contribution in [0.5, 0.6) is 0 Å². The van der Waals surface area contributed by atoms with Crippen molar-refractivity contribution in [1.29, 1.82) is 0 Å². The van der Waals surface area contributed by atoms with Crippen LogP contribution in [0.25, 0.3) is 0 Å². The first-order valence-corrected chi connectivity index (χ1v) is 8.38. The third kappa shape index (κ3) is 4.23. The first kappa shape index (κ1) is 15.8. The van der Waals surface area contributed by atoms with Gasteiger partial charge in [-0.25, -0.2) is 4.98 Å². The zero-order valence-corrected chi connectivity index (χ0v) is 13.6. The van der Waals surface area contributed by atoms with E-state index in [1.54, 1.807) is 18.3 Å². The van der Waals surface area contributed by atoms with Crippen LogP contribution in [0.15, 0.2) is 42.6 Å². The molecule has 120 valence electrons. The van der Waals surface area contributed by atoms with Crippen LogP contribution >= 0.6 is 11.6 Å². The predicted octanol–water partition coefficient (Wildman–Crippen LogP) is 4.54. The Kier molecular flexibility index (Phi) is 5.13. The smallest absolute Gasteiger partial charge is 0.253 e. The fourth-order valence-corrected chi connectivity index (χ4v) is 3.00. The third-order valence-electron chi connectivity index (χ3n) is 4.10. The van der Waals surface area contributed by atoms with Crippen molar-refractivity contribution in [2.75, 3.05) is 5.32 Å². The second kappa shape index (κ2) is 7.47. The van der Waals surface area contributed by atoms with Gasteiger partial charge in [-0.05, 0) is 37.1 Å². The maximum absolute atomic E-state index is 12.2. The molecule has 0 unspecified atom stereocenters. The summed E-state index contributed by atoms with van der Waals surface area (Å²) >= 11 is 6.11. The molecular formula is C18H20ClN3O. The SMILES string of the molecule is O=C(NC1CCCCC1)c1ccc(Nc2ccccc2Cl)nc1. The van der Waals surface area contributed by atoms with Crippen LogP contribution in [-0.4, -0.2) is 16.9 Å². The summed E-state index contributed by atoms with van der Waals surface area (Å²) in [5.74, 6) is 0.612. The summed E-state index contributed by atoms with van der Waals surface area (Å²) in [5, 5.41) is 6.87. The molecule has 4 nitrogen and oxygen atoms in total. The summed E-state index contributed by atoms with van der Waals surface area (Å²) in [5.41, 5.74) is 1.38. The van der Waals surface area contributed by atoms with E-state index >= 15 is 0 Å². The van der Waals surface area contributed by atoms with Gasteiger partial charge < -0.3 is 10.6 Å². The van der Waals surface area contributed by atoms with Gasteiger partial charge in [0, 0.05) is 12.2 Å². The van der Waals surface area contributed by atoms with E-state index in [1.807, 2.05) is 24.3 Å². The van der Waals surface area contributed by atoms with Crippen LogP contribution in [0.2, 0.25) is 5.02 Å². The Balaban J connectivity index is 1.62. The minimum atomic E-state index is -0.0475. The van der Waals surface area contributed by atoms with Gasteiger partial charge in [-0.1, -0.05) is 43.0 Å². The molecule has 1 fully saturated rings. The Morgan fingerprint density at radius 2 is 1.87 bits per heavy atom. The molecule has 0 spiro atoms. The third-order valence-corrected chi connectivity index (χ3v) is 4.43. The van der Waals surface area contributed by atoms with Gasteiger partial charge in [0.25, 0.3) is 5.91 Å². The number of carbonyl (C=O) groups excluding carboxylic acids is 1. The average molecular weight is 330 g/mol. The standard InChI is InChI=1S/C18H20ClN3O/c19-15-8-4-5-9-16(15)22-17-11-10-13(12-20-17)18(23)21-14-6-2-1-3-7-14/h4-5,8-12,14H,1-3,6-7H2,(H,20,22)(H,21,23). The topological polar surface area (TPSA) is 54.0 Å². The highest BCUT2D eigenvalue weighted by Crippen LogP contribution is 2.24. The summed E-state index contributed by atoms with van der Waals surface area (Å²) < 4.78 is 0. The number of amides is 1. The Labute approximate surface area is 141 Å². The van der Waals surface area contributed by atoms with Crippen LogP contribution in [0.1, 0.15) is 42.5 Å². The maximum Gasteiger partial charge on any atom is 0.253 e. The molecular weight excluding hydrogens is 310 g/mol. The van der Waals surface area contributed by atoms with Gasteiger partial charge in [0.05, 0.1) is 16.3 Å². The normalized spacial score (nSPS) is 15.2. The van der Waals surface area contributed by atoms with E-state index in [1.165, 1.54) is 19.3 Å². The lowest BCUT2D eigenvalue weighted by molar-refractivity contribution is 0.0927. The molecule has 1 heterocycles. The number of carbonyl (C=O) groups is 1. The molecule has 1 amide bonds. The van der Waals surface area contributed by atoms with Crippen molar-refractivity contribution in [2.45, 2.75) is 38.1 Å². The lowest BCUT2D eigenvalue weighted by Gasteiger charge is -2.22. The molecule has 1 aromatic heterocycles. The molecule has 2 N–H and O–H groups in total. The number of rotatable bonds is 4. The molecule has 0 bridgehead atoms. The summed E-state index contributed by atoms with van der Waals surface area (Å²) in [6.45, 7) is 0. The van der Waals surface area contributed by atoms with Crippen LogP contribution in [0.3, 0.4) is 0 Å². The van der Waals surface area contributed by atoms with Crippen molar-refractivity contribution in [3.63, 3.8) is 0 Å². The molecule has 0 radical (unpaired) electrons. The number of para-hydroxylation sites is 1. The highest BCUT2D eigenvalue weighted by atomic mass is 35.5. The monoisotopic (exact) mass is 329 g/mol. The van der Waals surface area contributed by atoms with Gasteiger partial charge in [0.15, 0.2) is 0 Å². The first-order valence-electron chi connectivity index (χ1n) is 8.01. The van der Waals surface area contributed by atoms with E-state index in [2.05, 4.69) is 15.6 Å². The van der Waals surface area contributed by atoms with Gasteiger partial charge in [0.2, 0.25) is 0 Å². The van der Waals surface area contributed by atoms with Crippen molar-refractivity contribution in [1.82, 2.24) is 10.3 Å². The number of pyridine rings is 1. The zero-order chi connectivity index (χ0) is 16.1. The van der Waals surface area contributed by atoms with E-state index in [0.29, 0.717) is 22.4 Å². The van der Waals surface area contributed by atoms with E-state index in [0.717, 1.165) is 18.5 Å². The fourth-order valence-electron chi connectivity index (χ4n) is 2.82. The van der Waals surface area contributed by atoms with Crippen LogP contribution < -0.4 is 10.6 Å². The van der Waals surface area contributed by atoms with Crippen molar-refractivity contribution in [2.24, 2.45) is 0 Å². The molecule has 1 aliphatic rings. The molecule has 1 saturated carbocycles. The predicted molar refractivity (Wildman–Crippen MR) is 93.3 cm³/mol. The lowest BCUT2D eigenvalue weighted by Crippen LogP contribution is -2.36. The first-order chi connectivity index (χ1) is 11.2. The van der Waals surface area contributed by atoms with E-state index < -0.39 is 0 Å². The average Bonchev–Trinajstić information content (AvgIpc) is 2.58. The summed E-state index contributed by atoms with van der Waals surface area (Å²) in [4.78, 5) is 16.5. The molecule has 3 rings (SSSR count). The fraction of sp³-hybridized carbons (Fsp3) is 0.333. The van der Waals surface area contributed by atoms with Crippen molar-refractivity contribution < 1.29 is 4.79 Å². The lowest BCUT2D eigenvalue weighted by atomic mass is 9.95. The zero-order valence-electron chi connectivity index (χ0n) is 12.9. The molecule has 0 saturated heterocycles. The Morgan fingerprint density at radius 3 is 2.57 bits per heavy atom. The number of nitrogens with zero attached hydrogens (tertiary/aromatic N) is 1. The second-order valence-electron chi connectivity index (χ2n) is 5.85. The minimum Gasteiger partial charge on any atom is -0.349 e. The number of halogens is 1. The highest BCUT2D eigenvalue weighted by Gasteiger charge is 2.16. The number of nitrogens with one attached hydrogen (secondary N) is 2. The number of anilines is 2. The summed E-state index contributed by atoms with van der Waals surface area (Å²) in [6.07, 6.45) is 7.41. The maximum atomic E-state index is 12.2. The van der Waals surface area contributed by atoms with Gasteiger partial charge in [-0.2, -0.15) is 0 Å². The summed E-state index contributed by atoms with van der Waals surface area (Å²) in [6, 6.07) is 11.4. The highest BCUT2D eigenvalue weighted by molar-refractivity contribution is 6.33. The molecule has 2 aromatic rings. The number of aromatic nitrogens is 1. The Hall–Kier alpha value is -2.07. The van der Waals surface area contributed by atoms with E-state index in [4.69, 9.17) is 11.6 Å². The molecule has 1 aromatic carbocycles. The van der Waals surface area contributed by atoms with Gasteiger partial charge >= 0.3 is 0 Å². The van der Waals surface area contributed by atoms with Crippen LogP contribution in [0.4, 0.5) is 11.5 Å². The molecule has 1 aliphatic carbocycles. The van der Waals surface area contributed by atoms with Gasteiger partial charge in [0.1, 0.15) is 5.82 Å². The van der Waals surface area contributed by atoms with Crippen molar-refractivity contribution in [3.05, 3.63) is 53.2 Å². The second-order valence-corrected chi connectivity index (χ2v) is 6.25. The van der Waals surface area contributed by atoms with Crippen molar-refractivity contribution in [3.8, 4) is 0 Å². The van der Waals surface area contributed by atoms with Crippen LogP contribution in [-0.2, 0) is 0 Å². The number of hydrogen-bond donors (Lipinski definition) is 2. The number of benzene rings is 1.